The molecule has 1 fully saturated rings. The summed E-state index contributed by atoms with van der Waals surface area (Å²) in [6.45, 7) is 3.83. The summed E-state index contributed by atoms with van der Waals surface area (Å²) < 4.78 is 43.7. The number of ether oxygens (including phenoxy) is 1. The maximum Gasteiger partial charge on any atom is 0.418 e. The normalized spacial score (nSPS) is 20.6. The number of rotatable bonds is 2. The molecule has 0 aromatic carbocycles. The largest absolute Gasteiger partial charge is 0.487 e. The minimum Gasteiger partial charge on any atom is -0.487 e. The number of pyridine rings is 1. The van der Waals surface area contributed by atoms with Crippen LogP contribution >= 0.6 is 0 Å². The molecular weight excluding hydrogens is 311 g/mol. The van der Waals surface area contributed by atoms with Gasteiger partial charge in [0.25, 0.3) is 0 Å². The van der Waals surface area contributed by atoms with Gasteiger partial charge >= 0.3 is 6.18 Å². The molecule has 0 aliphatic carbocycles. The van der Waals surface area contributed by atoms with Crippen LogP contribution < -0.4 is 9.64 Å². The Labute approximate surface area is 132 Å². The highest BCUT2D eigenvalue weighted by molar-refractivity contribution is 5.76. The summed E-state index contributed by atoms with van der Waals surface area (Å²) in [6, 6.07) is 0.925. The molecule has 0 spiro atoms. The molecule has 5 nitrogen and oxygen atoms in total. The van der Waals surface area contributed by atoms with Crippen molar-refractivity contribution in [3.8, 4) is 5.75 Å². The van der Waals surface area contributed by atoms with E-state index in [0.717, 1.165) is 18.7 Å². The van der Waals surface area contributed by atoms with Crippen LogP contribution in [0.3, 0.4) is 0 Å². The molecule has 1 amide bonds. The first-order valence-corrected chi connectivity index (χ1v) is 7.64. The van der Waals surface area contributed by atoms with Gasteiger partial charge in [-0.25, -0.2) is 4.98 Å². The fourth-order valence-electron chi connectivity index (χ4n) is 2.98. The van der Waals surface area contributed by atoms with Gasteiger partial charge in [0, 0.05) is 32.3 Å². The van der Waals surface area contributed by atoms with Crippen molar-refractivity contribution in [2.24, 2.45) is 0 Å². The van der Waals surface area contributed by atoms with Crippen molar-refractivity contribution in [3.63, 3.8) is 0 Å². The van der Waals surface area contributed by atoms with E-state index in [1.54, 1.807) is 4.90 Å². The van der Waals surface area contributed by atoms with E-state index < -0.39 is 11.7 Å². The number of carbonyl (C=O) groups is 1. The summed E-state index contributed by atoms with van der Waals surface area (Å²) in [5.74, 6) is 0.694. The van der Waals surface area contributed by atoms with Gasteiger partial charge in [-0.15, -0.1) is 0 Å². The summed E-state index contributed by atoms with van der Waals surface area (Å²) in [5, 5.41) is 0. The highest BCUT2D eigenvalue weighted by atomic mass is 19.4. The molecule has 0 N–H and O–H groups in total. The van der Waals surface area contributed by atoms with Crippen LogP contribution in [-0.2, 0) is 11.0 Å². The van der Waals surface area contributed by atoms with Crippen molar-refractivity contribution in [1.82, 2.24) is 9.88 Å². The van der Waals surface area contributed by atoms with E-state index in [-0.39, 0.29) is 24.3 Å². The van der Waals surface area contributed by atoms with Gasteiger partial charge in [-0.1, -0.05) is 6.92 Å². The highest BCUT2D eigenvalue weighted by Crippen LogP contribution is 2.38. The first-order chi connectivity index (χ1) is 10.9. The number of halogens is 3. The molecule has 8 heteroatoms. The fourth-order valence-corrected chi connectivity index (χ4v) is 2.98. The average Bonchev–Trinajstić information content (AvgIpc) is 2.53. The van der Waals surface area contributed by atoms with Crippen molar-refractivity contribution in [3.05, 3.63) is 17.8 Å². The Morgan fingerprint density at radius 1 is 1.43 bits per heavy atom. The van der Waals surface area contributed by atoms with Gasteiger partial charge in [0.05, 0.1) is 11.6 Å². The highest BCUT2D eigenvalue weighted by Gasteiger charge is 2.38. The zero-order valence-corrected chi connectivity index (χ0v) is 12.8. The minimum atomic E-state index is -4.44. The number of fused-ring (bicyclic) bond motifs is 3. The molecule has 2 aliphatic heterocycles. The minimum absolute atomic E-state index is 0.0682. The van der Waals surface area contributed by atoms with Gasteiger partial charge < -0.3 is 14.5 Å². The van der Waals surface area contributed by atoms with Crippen LogP contribution in [0.5, 0.6) is 5.75 Å². The summed E-state index contributed by atoms with van der Waals surface area (Å²) in [6.07, 6.45) is -2.30. The predicted octanol–water partition coefficient (Wildman–Crippen LogP) is 2.31. The molecule has 0 unspecified atom stereocenters. The zero-order valence-electron chi connectivity index (χ0n) is 12.8. The van der Waals surface area contributed by atoms with Crippen LogP contribution in [-0.4, -0.2) is 48.1 Å². The van der Waals surface area contributed by atoms with Crippen LogP contribution in [0.15, 0.2) is 12.3 Å². The van der Waals surface area contributed by atoms with Crippen molar-refractivity contribution in [2.75, 3.05) is 31.1 Å². The summed E-state index contributed by atoms with van der Waals surface area (Å²) in [5.41, 5.74) is -0.813. The third-order valence-corrected chi connectivity index (χ3v) is 4.16. The smallest absolute Gasteiger partial charge is 0.418 e. The zero-order chi connectivity index (χ0) is 16.6. The third-order valence-electron chi connectivity index (χ3n) is 4.16. The Hall–Kier alpha value is -1.99. The molecule has 3 heterocycles. The lowest BCUT2D eigenvalue weighted by Gasteiger charge is -2.44. The summed E-state index contributed by atoms with van der Waals surface area (Å²) >= 11 is 0. The Balaban J connectivity index is 1.78. The molecule has 2 aliphatic rings. The molecule has 3 rings (SSSR count). The summed E-state index contributed by atoms with van der Waals surface area (Å²) in [7, 11) is 0. The standard InChI is InChI=1S/C15H18F3N3O2/c1-2-3-13(22)20-4-5-21-11(8-20)9-23-12-6-10(15(16,17)18)7-19-14(12)21/h6-7,11H,2-5,8-9H2,1H3/t11-/m1/s1. The van der Waals surface area contributed by atoms with E-state index in [2.05, 4.69) is 4.98 Å². The molecule has 0 radical (unpaired) electrons. The van der Waals surface area contributed by atoms with Gasteiger partial charge in [-0.3, -0.25) is 4.79 Å². The fraction of sp³-hybridized carbons (Fsp3) is 0.600. The van der Waals surface area contributed by atoms with Crippen LogP contribution in [0.2, 0.25) is 0 Å². The van der Waals surface area contributed by atoms with E-state index in [1.807, 2.05) is 11.8 Å². The Kier molecular flexibility index (Phi) is 4.08. The van der Waals surface area contributed by atoms with Crippen LogP contribution in [0.25, 0.3) is 0 Å². The molecule has 1 atom stereocenters. The van der Waals surface area contributed by atoms with Gasteiger partial charge in [-0.2, -0.15) is 13.2 Å². The van der Waals surface area contributed by atoms with E-state index in [9.17, 15) is 18.0 Å². The Bertz CT molecular complexity index is 606. The second-order valence-corrected chi connectivity index (χ2v) is 5.79. The number of alkyl halides is 3. The molecule has 1 aromatic rings. The second kappa shape index (κ2) is 5.90. The quantitative estimate of drug-likeness (QED) is 0.835. The van der Waals surface area contributed by atoms with Crippen molar-refractivity contribution in [1.29, 1.82) is 0 Å². The van der Waals surface area contributed by atoms with E-state index in [0.29, 0.717) is 31.9 Å². The van der Waals surface area contributed by atoms with Crippen LogP contribution in [0.4, 0.5) is 19.0 Å². The van der Waals surface area contributed by atoms with Gasteiger partial charge in [-0.05, 0) is 12.5 Å². The van der Waals surface area contributed by atoms with Crippen molar-refractivity contribution < 1.29 is 22.7 Å². The SMILES string of the molecule is CCCC(=O)N1CCN2c3ncc(C(F)(F)F)cc3OC[C@H]2C1. The third kappa shape index (κ3) is 3.07. The lowest BCUT2D eigenvalue weighted by Crippen LogP contribution is -2.58. The predicted molar refractivity (Wildman–Crippen MR) is 77.4 cm³/mol. The molecule has 23 heavy (non-hydrogen) atoms. The van der Waals surface area contributed by atoms with Gasteiger partial charge in [0.2, 0.25) is 5.91 Å². The second-order valence-electron chi connectivity index (χ2n) is 5.79. The maximum atomic E-state index is 12.8. The van der Waals surface area contributed by atoms with E-state index >= 15 is 0 Å². The topological polar surface area (TPSA) is 45.7 Å². The molecule has 126 valence electrons. The van der Waals surface area contributed by atoms with Crippen molar-refractivity contribution in [2.45, 2.75) is 32.0 Å². The van der Waals surface area contributed by atoms with Crippen LogP contribution in [0, 0.1) is 0 Å². The average molecular weight is 329 g/mol. The lowest BCUT2D eigenvalue weighted by molar-refractivity contribution is -0.138. The lowest BCUT2D eigenvalue weighted by atomic mass is 10.1. The number of hydrogen-bond donors (Lipinski definition) is 0. The molecule has 0 bridgehead atoms. The number of anilines is 1. The Morgan fingerprint density at radius 2 is 2.22 bits per heavy atom. The number of carbonyl (C=O) groups excluding carboxylic acids is 1. The first-order valence-electron chi connectivity index (χ1n) is 7.64. The van der Waals surface area contributed by atoms with E-state index in [1.165, 1.54) is 0 Å². The molecule has 0 saturated carbocycles. The van der Waals surface area contributed by atoms with Crippen LogP contribution in [0.1, 0.15) is 25.3 Å². The number of nitrogens with zero attached hydrogens (tertiary/aromatic N) is 3. The Morgan fingerprint density at radius 3 is 2.91 bits per heavy atom. The van der Waals surface area contributed by atoms with Gasteiger partial charge in [0.15, 0.2) is 11.6 Å². The van der Waals surface area contributed by atoms with Crippen molar-refractivity contribution >= 4 is 11.7 Å². The van der Waals surface area contributed by atoms with E-state index in [4.69, 9.17) is 4.74 Å². The summed E-state index contributed by atoms with van der Waals surface area (Å²) in [4.78, 5) is 19.7. The first kappa shape index (κ1) is 15.9. The maximum absolute atomic E-state index is 12.8. The monoisotopic (exact) mass is 329 g/mol. The molecule has 1 aromatic heterocycles. The number of hydrogen-bond acceptors (Lipinski definition) is 4. The number of aromatic nitrogens is 1. The number of piperazine rings is 1. The van der Waals surface area contributed by atoms with Gasteiger partial charge in [0.1, 0.15) is 6.61 Å². The molecular formula is C15H18F3N3O2. The number of amides is 1. The molecule has 1 saturated heterocycles.